The number of nitrogens with zero attached hydrogens (tertiary/aromatic N) is 2. The van der Waals surface area contributed by atoms with E-state index in [-0.39, 0.29) is 30.8 Å². The summed E-state index contributed by atoms with van der Waals surface area (Å²) in [7, 11) is -3.53. The lowest BCUT2D eigenvalue weighted by molar-refractivity contribution is -0.140. The summed E-state index contributed by atoms with van der Waals surface area (Å²) < 4.78 is 26.5. The molecule has 0 aliphatic heterocycles. The van der Waals surface area contributed by atoms with Crippen LogP contribution in [0.2, 0.25) is 0 Å². The molecule has 0 fully saturated rings. The molecular weight excluding hydrogens is 474 g/mol. The van der Waals surface area contributed by atoms with Crippen molar-refractivity contribution in [3.63, 3.8) is 0 Å². The van der Waals surface area contributed by atoms with Crippen molar-refractivity contribution in [2.45, 2.75) is 79.4 Å². The predicted octanol–water partition coefficient (Wildman–Crippen LogP) is 4.49. The molecule has 2 atom stereocenters. The maximum absolute atomic E-state index is 13.4. The van der Waals surface area contributed by atoms with Crippen LogP contribution >= 0.6 is 0 Å². The third-order valence-electron chi connectivity index (χ3n) is 6.42. The Labute approximate surface area is 216 Å². The van der Waals surface area contributed by atoms with Gasteiger partial charge in [-0.1, -0.05) is 37.3 Å². The summed E-state index contributed by atoms with van der Waals surface area (Å²) in [4.78, 5) is 27.9. The standard InChI is InChI=1S/C28H41N3O4S/c1-8-23(5)29-28(33)24(6)30(19-25-13-10-9-12-22(25)4)27(32)14-11-15-31(36(7,34)35)26-17-20(2)16-21(3)18-26/h9-10,12-13,16-18,23-24H,8,11,14-15,19H2,1-7H3,(H,29,33)/t23-,24+/m0/s1. The molecule has 198 valence electrons. The second-order valence-corrected chi connectivity index (χ2v) is 11.6. The summed E-state index contributed by atoms with van der Waals surface area (Å²) in [6.45, 7) is 12.0. The first-order chi connectivity index (χ1) is 16.8. The molecule has 0 heterocycles. The first-order valence-corrected chi connectivity index (χ1v) is 14.4. The predicted molar refractivity (Wildman–Crippen MR) is 146 cm³/mol. The molecule has 0 aliphatic carbocycles. The third kappa shape index (κ3) is 8.36. The second kappa shape index (κ2) is 12.9. The van der Waals surface area contributed by atoms with E-state index in [1.807, 2.05) is 77.1 Å². The molecule has 0 spiro atoms. The Morgan fingerprint density at radius 1 is 1.00 bits per heavy atom. The van der Waals surface area contributed by atoms with Crippen molar-refractivity contribution in [2.75, 3.05) is 17.1 Å². The fraction of sp³-hybridized carbons (Fsp3) is 0.500. The van der Waals surface area contributed by atoms with E-state index in [0.29, 0.717) is 18.7 Å². The lowest BCUT2D eigenvalue weighted by Gasteiger charge is -2.30. The number of hydrogen-bond donors (Lipinski definition) is 1. The summed E-state index contributed by atoms with van der Waals surface area (Å²) in [5, 5.41) is 2.97. The van der Waals surface area contributed by atoms with Gasteiger partial charge in [-0.25, -0.2) is 8.42 Å². The number of sulfonamides is 1. The number of carbonyl (C=O) groups is 2. The van der Waals surface area contributed by atoms with Gasteiger partial charge in [0.25, 0.3) is 0 Å². The van der Waals surface area contributed by atoms with Gasteiger partial charge in [0.05, 0.1) is 11.9 Å². The summed E-state index contributed by atoms with van der Waals surface area (Å²) in [5.74, 6) is -0.377. The quantitative estimate of drug-likeness (QED) is 0.451. The number of anilines is 1. The van der Waals surface area contributed by atoms with Gasteiger partial charge in [0.15, 0.2) is 0 Å². The van der Waals surface area contributed by atoms with Crippen molar-refractivity contribution in [1.82, 2.24) is 10.2 Å². The van der Waals surface area contributed by atoms with Crippen LogP contribution in [0.25, 0.3) is 0 Å². The lowest BCUT2D eigenvalue weighted by Crippen LogP contribution is -2.49. The number of benzene rings is 2. The smallest absolute Gasteiger partial charge is 0.242 e. The average Bonchev–Trinajstić information content (AvgIpc) is 2.79. The van der Waals surface area contributed by atoms with Gasteiger partial charge in [-0.2, -0.15) is 0 Å². The minimum absolute atomic E-state index is 0.0106. The van der Waals surface area contributed by atoms with Gasteiger partial charge in [-0.05, 0) is 81.8 Å². The number of aryl methyl sites for hydroxylation is 3. The maximum atomic E-state index is 13.4. The highest BCUT2D eigenvalue weighted by Gasteiger charge is 2.27. The summed E-state index contributed by atoms with van der Waals surface area (Å²) in [6.07, 6.45) is 2.44. The number of rotatable bonds is 12. The molecule has 8 heteroatoms. The Morgan fingerprint density at radius 3 is 2.17 bits per heavy atom. The molecule has 0 saturated heterocycles. The molecule has 2 aromatic rings. The molecule has 2 aromatic carbocycles. The van der Waals surface area contributed by atoms with Gasteiger partial charge in [0.2, 0.25) is 21.8 Å². The summed E-state index contributed by atoms with van der Waals surface area (Å²) in [6, 6.07) is 12.8. The van der Waals surface area contributed by atoms with E-state index in [0.717, 1.165) is 28.7 Å². The second-order valence-electron chi connectivity index (χ2n) is 9.73. The fourth-order valence-corrected chi connectivity index (χ4v) is 5.07. The zero-order chi connectivity index (χ0) is 27.0. The Balaban J connectivity index is 2.21. The van der Waals surface area contributed by atoms with E-state index in [2.05, 4.69) is 5.32 Å². The Bertz CT molecular complexity index is 1140. The van der Waals surface area contributed by atoms with Crippen molar-refractivity contribution in [1.29, 1.82) is 0 Å². The maximum Gasteiger partial charge on any atom is 0.242 e. The number of carbonyl (C=O) groups excluding carboxylic acids is 2. The van der Waals surface area contributed by atoms with Crippen LogP contribution < -0.4 is 9.62 Å². The number of amides is 2. The Morgan fingerprint density at radius 2 is 1.61 bits per heavy atom. The SMILES string of the molecule is CC[C@H](C)NC(=O)[C@@H](C)N(Cc1ccccc1C)C(=O)CCCN(c1cc(C)cc(C)c1)S(C)(=O)=O. The monoisotopic (exact) mass is 515 g/mol. The van der Waals surface area contributed by atoms with Gasteiger partial charge in [0, 0.05) is 25.6 Å². The molecular formula is C28H41N3O4S. The number of hydrogen-bond acceptors (Lipinski definition) is 4. The topological polar surface area (TPSA) is 86.8 Å². The van der Waals surface area contributed by atoms with E-state index in [1.165, 1.54) is 10.6 Å². The third-order valence-corrected chi connectivity index (χ3v) is 7.61. The van der Waals surface area contributed by atoms with Crippen LogP contribution in [-0.2, 0) is 26.2 Å². The Hall–Kier alpha value is -2.87. The first kappa shape index (κ1) is 29.4. The van der Waals surface area contributed by atoms with Crippen LogP contribution in [0.15, 0.2) is 42.5 Å². The van der Waals surface area contributed by atoms with Crippen molar-refractivity contribution < 1.29 is 18.0 Å². The van der Waals surface area contributed by atoms with Gasteiger partial charge in [-0.15, -0.1) is 0 Å². The molecule has 0 aromatic heterocycles. The highest BCUT2D eigenvalue weighted by atomic mass is 32.2. The van der Waals surface area contributed by atoms with Gasteiger partial charge in [-0.3, -0.25) is 13.9 Å². The number of nitrogens with one attached hydrogen (secondary N) is 1. The van der Waals surface area contributed by atoms with E-state index < -0.39 is 16.1 Å². The highest BCUT2D eigenvalue weighted by molar-refractivity contribution is 7.92. The molecule has 2 rings (SSSR count). The minimum atomic E-state index is -3.53. The lowest BCUT2D eigenvalue weighted by atomic mass is 10.1. The molecule has 36 heavy (non-hydrogen) atoms. The van der Waals surface area contributed by atoms with E-state index in [9.17, 15) is 18.0 Å². The van der Waals surface area contributed by atoms with E-state index in [1.54, 1.807) is 11.8 Å². The van der Waals surface area contributed by atoms with E-state index >= 15 is 0 Å². The van der Waals surface area contributed by atoms with Crippen LogP contribution in [0.3, 0.4) is 0 Å². The van der Waals surface area contributed by atoms with Crippen molar-refractivity contribution >= 4 is 27.5 Å². The highest BCUT2D eigenvalue weighted by Crippen LogP contribution is 2.22. The zero-order valence-electron chi connectivity index (χ0n) is 22.7. The van der Waals surface area contributed by atoms with Crippen molar-refractivity contribution in [2.24, 2.45) is 0 Å². The molecule has 0 bridgehead atoms. The molecule has 0 aliphatic rings. The molecule has 7 nitrogen and oxygen atoms in total. The molecule has 1 N–H and O–H groups in total. The van der Waals surface area contributed by atoms with Gasteiger partial charge in [0.1, 0.15) is 6.04 Å². The molecule has 0 radical (unpaired) electrons. The normalized spacial score (nSPS) is 13.1. The summed E-state index contributed by atoms with van der Waals surface area (Å²) in [5.41, 5.74) is 4.56. The molecule has 0 unspecified atom stereocenters. The molecule has 0 saturated carbocycles. The minimum Gasteiger partial charge on any atom is -0.352 e. The average molecular weight is 516 g/mol. The fourth-order valence-electron chi connectivity index (χ4n) is 4.12. The van der Waals surface area contributed by atoms with Crippen LogP contribution in [0, 0.1) is 20.8 Å². The zero-order valence-corrected chi connectivity index (χ0v) is 23.5. The van der Waals surface area contributed by atoms with Crippen LogP contribution in [0.4, 0.5) is 5.69 Å². The first-order valence-electron chi connectivity index (χ1n) is 12.5. The van der Waals surface area contributed by atoms with Crippen LogP contribution in [0.5, 0.6) is 0 Å². The summed E-state index contributed by atoms with van der Waals surface area (Å²) >= 11 is 0. The van der Waals surface area contributed by atoms with Crippen LogP contribution in [-0.4, -0.2) is 50.0 Å². The van der Waals surface area contributed by atoms with Gasteiger partial charge < -0.3 is 10.2 Å². The Kier molecular flexibility index (Phi) is 10.5. The molecule has 2 amide bonds. The van der Waals surface area contributed by atoms with Crippen LogP contribution in [0.1, 0.15) is 62.3 Å². The van der Waals surface area contributed by atoms with Gasteiger partial charge >= 0.3 is 0 Å². The largest absolute Gasteiger partial charge is 0.352 e. The van der Waals surface area contributed by atoms with E-state index in [4.69, 9.17) is 0 Å². The van der Waals surface area contributed by atoms with Crippen molar-refractivity contribution in [3.8, 4) is 0 Å². The van der Waals surface area contributed by atoms with Crippen molar-refractivity contribution in [3.05, 3.63) is 64.7 Å².